The molecule has 0 unspecified atom stereocenters. The van der Waals surface area contributed by atoms with Crippen molar-refractivity contribution in [1.82, 2.24) is 0 Å². The Kier molecular flexibility index (Phi) is 3.49. The normalized spacial score (nSPS) is 12.0. The Labute approximate surface area is 57.0 Å². The average Bonchev–Trinajstić information content (AvgIpc) is 1.67. The first-order valence-corrected chi connectivity index (χ1v) is 3.31. The second-order valence-corrected chi connectivity index (χ2v) is 2.78. The monoisotopic (exact) mass is 134 g/mol. The summed E-state index contributed by atoms with van der Waals surface area (Å²) in [5.41, 5.74) is -0.0438. The molecule has 8 heavy (non-hydrogen) atoms. The number of hydrogen-bond acceptors (Lipinski definition) is 2. The van der Waals surface area contributed by atoms with E-state index in [9.17, 15) is 0 Å². The Bertz CT molecular complexity index is 61.5. The van der Waals surface area contributed by atoms with Crippen molar-refractivity contribution in [3.05, 3.63) is 0 Å². The van der Waals surface area contributed by atoms with Gasteiger partial charge in [0.1, 0.15) is 0 Å². The van der Waals surface area contributed by atoms with Crippen molar-refractivity contribution < 1.29 is 4.18 Å². The van der Waals surface area contributed by atoms with Crippen LogP contribution in [0.2, 0.25) is 0 Å². The molecule has 0 bridgehead atoms. The predicted octanol–water partition coefficient (Wildman–Crippen LogP) is 2.43. The van der Waals surface area contributed by atoms with Gasteiger partial charge in [0.25, 0.3) is 0 Å². The van der Waals surface area contributed by atoms with Gasteiger partial charge >= 0.3 is 0 Å². The van der Waals surface area contributed by atoms with Crippen molar-refractivity contribution >= 4 is 12.9 Å². The van der Waals surface area contributed by atoms with Crippen molar-refractivity contribution in [3.8, 4) is 0 Å². The first-order valence-electron chi connectivity index (χ1n) is 2.95. The van der Waals surface area contributed by atoms with Gasteiger partial charge in [0.2, 0.25) is 0 Å². The number of rotatable bonds is 3. The highest BCUT2D eigenvalue weighted by atomic mass is 32.1. The van der Waals surface area contributed by atoms with Gasteiger partial charge in [0.15, 0.2) is 0 Å². The van der Waals surface area contributed by atoms with Crippen molar-refractivity contribution in [1.29, 1.82) is 0 Å². The van der Waals surface area contributed by atoms with Crippen LogP contribution in [0, 0.1) is 0 Å². The van der Waals surface area contributed by atoms with Gasteiger partial charge in [-0.05, 0) is 33.2 Å². The molecule has 0 aromatic heterocycles. The summed E-state index contributed by atoms with van der Waals surface area (Å²) in [6.07, 6.45) is 2.21. The third-order valence-corrected chi connectivity index (χ3v) is 1.59. The summed E-state index contributed by atoms with van der Waals surface area (Å²) in [5, 5.41) is 0. The summed E-state index contributed by atoms with van der Waals surface area (Å²) in [7, 11) is 0. The van der Waals surface area contributed by atoms with Crippen LogP contribution in [0.1, 0.15) is 33.6 Å². The Morgan fingerprint density at radius 1 is 1.50 bits per heavy atom. The van der Waals surface area contributed by atoms with Gasteiger partial charge in [0, 0.05) is 0 Å². The molecule has 0 aliphatic heterocycles. The molecule has 0 saturated heterocycles. The summed E-state index contributed by atoms with van der Waals surface area (Å²) >= 11 is 3.74. The molecule has 50 valence electrons. The topological polar surface area (TPSA) is 9.23 Å². The molecular weight excluding hydrogens is 120 g/mol. The number of hydrogen-bond donors (Lipinski definition) is 1. The largest absolute Gasteiger partial charge is 0.313 e. The quantitative estimate of drug-likeness (QED) is 0.460. The smallest absolute Gasteiger partial charge is 0.0769 e. The Morgan fingerprint density at radius 3 is 2.12 bits per heavy atom. The minimum atomic E-state index is -0.0438. The fourth-order valence-electron chi connectivity index (χ4n) is 0.648. The maximum absolute atomic E-state index is 4.87. The maximum Gasteiger partial charge on any atom is 0.0769 e. The fraction of sp³-hybridized carbons (Fsp3) is 1.00. The minimum absolute atomic E-state index is 0.0438. The molecule has 0 aromatic rings. The van der Waals surface area contributed by atoms with Crippen LogP contribution in [0.25, 0.3) is 0 Å². The van der Waals surface area contributed by atoms with Crippen molar-refractivity contribution in [2.24, 2.45) is 0 Å². The molecule has 0 amide bonds. The molecule has 1 nitrogen and oxygen atoms in total. The second kappa shape index (κ2) is 3.36. The van der Waals surface area contributed by atoms with Crippen molar-refractivity contribution in [2.75, 3.05) is 0 Å². The molecule has 0 aliphatic carbocycles. The van der Waals surface area contributed by atoms with Crippen molar-refractivity contribution in [3.63, 3.8) is 0 Å². The molecule has 0 saturated carbocycles. The molecule has 0 heterocycles. The van der Waals surface area contributed by atoms with E-state index in [0.717, 1.165) is 12.8 Å². The van der Waals surface area contributed by atoms with E-state index in [2.05, 4.69) is 19.8 Å². The Hall–Kier alpha value is 0.310. The molecule has 0 spiro atoms. The van der Waals surface area contributed by atoms with Crippen molar-refractivity contribution in [2.45, 2.75) is 39.2 Å². The molecule has 0 aliphatic rings. The lowest BCUT2D eigenvalue weighted by atomic mass is 10.0. The van der Waals surface area contributed by atoms with Gasteiger partial charge in [-0.1, -0.05) is 13.3 Å². The van der Waals surface area contributed by atoms with Crippen LogP contribution in [-0.2, 0) is 4.18 Å². The van der Waals surface area contributed by atoms with E-state index < -0.39 is 0 Å². The summed E-state index contributed by atoms with van der Waals surface area (Å²) < 4.78 is 4.87. The highest BCUT2D eigenvalue weighted by molar-refractivity contribution is 7.75. The van der Waals surface area contributed by atoms with Crippen LogP contribution in [0.3, 0.4) is 0 Å². The van der Waals surface area contributed by atoms with Crippen LogP contribution < -0.4 is 0 Å². The van der Waals surface area contributed by atoms with Crippen LogP contribution in [0.15, 0.2) is 0 Å². The third kappa shape index (κ3) is 3.33. The maximum atomic E-state index is 4.87. The van der Waals surface area contributed by atoms with Crippen LogP contribution in [0.5, 0.6) is 0 Å². The summed E-state index contributed by atoms with van der Waals surface area (Å²) in [6.45, 7) is 6.20. The lowest BCUT2D eigenvalue weighted by Crippen LogP contribution is -2.18. The zero-order chi connectivity index (χ0) is 6.62. The SMILES string of the molecule is CCCC(C)(C)OS. The molecule has 0 rings (SSSR count). The van der Waals surface area contributed by atoms with E-state index in [1.54, 1.807) is 0 Å². The lowest BCUT2D eigenvalue weighted by Gasteiger charge is -2.19. The average molecular weight is 134 g/mol. The molecular formula is C6H14OS. The molecule has 0 aromatic carbocycles. The molecule has 0 radical (unpaired) electrons. The molecule has 0 atom stereocenters. The van der Waals surface area contributed by atoms with Gasteiger partial charge in [0.05, 0.1) is 5.60 Å². The Balaban J connectivity index is 3.37. The van der Waals surface area contributed by atoms with Crippen LogP contribution >= 0.6 is 12.9 Å². The first kappa shape index (κ1) is 8.31. The lowest BCUT2D eigenvalue weighted by molar-refractivity contribution is 0.132. The minimum Gasteiger partial charge on any atom is -0.313 e. The Morgan fingerprint density at radius 2 is 2.00 bits per heavy atom. The second-order valence-electron chi connectivity index (χ2n) is 2.60. The molecule has 0 N–H and O–H groups in total. The summed E-state index contributed by atoms with van der Waals surface area (Å²) in [4.78, 5) is 0. The van der Waals surface area contributed by atoms with Gasteiger partial charge in [-0.25, -0.2) is 0 Å². The van der Waals surface area contributed by atoms with E-state index in [-0.39, 0.29) is 5.60 Å². The zero-order valence-electron chi connectivity index (χ0n) is 5.77. The highest BCUT2D eigenvalue weighted by Crippen LogP contribution is 2.16. The standard InChI is InChI=1S/C6H14OS/c1-4-5-6(2,3)7-8/h8H,4-5H2,1-3H3. The molecule has 2 heteroatoms. The predicted molar refractivity (Wildman–Crippen MR) is 39.1 cm³/mol. The molecule has 0 fully saturated rings. The van der Waals surface area contributed by atoms with Gasteiger partial charge in [-0.3, -0.25) is 0 Å². The van der Waals surface area contributed by atoms with E-state index in [1.807, 2.05) is 13.8 Å². The van der Waals surface area contributed by atoms with E-state index >= 15 is 0 Å². The first-order chi connectivity index (χ1) is 3.62. The van der Waals surface area contributed by atoms with Crippen LogP contribution in [0.4, 0.5) is 0 Å². The summed E-state index contributed by atoms with van der Waals surface area (Å²) in [6, 6.07) is 0. The zero-order valence-corrected chi connectivity index (χ0v) is 6.66. The van der Waals surface area contributed by atoms with Crippen LogP contribution in [-0.4, -0.2) is 5.60 Å². The van der Waals surface area contributed by atoms with E-state index in [0.29, 0.717) is 0 Å². The highest BCUT2D eigenvalue weighted by Gasteiger charge is 2.14. The number of thiol groups is 1. The summed E-state index contributed by atoms with van der Waals surface area (Å²) in [5.74, 6) is 0. The van der Waals surface area contributed by atoms with Gasteiger partial charge < -0.3 is 4.18 Å². The van der Waals surface area contributed by atoms with E-state index in [1.165, 1.54) is 0 Å². The van der Waals surface area contributed by atoms with Gasteiger partial charge in [-0.2, -0.15) is 0 Å². The fourth-order valence-corrected chi connectivity index (χ4v) is 0.739. The third-order valence-electron chi connectivity index (χ3n) is 1.10. The van der Waals surface area contributed by atoms with Gasteiger partial charge in [-0.15, -0.1) is 0 Å². The van der Waals surface area contributed by atoms with E-state index in [4.69, 9.17) is 4.18 Å².